The predicted molar refractivity (Wildman–Crippen MR) is 79.9 cm³/mol. The van der Waals surface area contributed by atoms with Gasteiger partial charge in [0.2, 0.25) is 0 Å². The summed E-state index contributed by atoms with van der Waals surface area (Å²) in [7, 11) is 0. The summed E-state index contributed by atoms with van der Waals surface area (Å²) in [5, 5.41) is 4.77. The fourth-order valence-electron chi connectivity index (χ4n) is 2.46. The summed E-state index contributed by atoms with van der Waals surface area (Å²) < 4.78 is 0. The second-order valence-electron chi connectivity index (χ2n) is 4.63. The van der Waals surface area contributed by atoms with Crippen molar-refractivity contribution in [3.8, 4) is 0 Å². The van der Waals surface area contributed by atoms with Gasteiger partial charge in [-0.05, 0) is 25.3 Å². The molecule has 0 saturated heterocycles. The van der Waals surface area contributed by atoms with Gasteiger partial charge in [-0.3, -0.25) is 0 Å². The maximum atomic E-state index is 4.40. The second-order valence-corrected chi connectivity index (χ2v) is 5.75. The smallest absolute Gasteiger partial charge is 0.138 e. The average molecular weight is 284 g/mol. The zero-order valence-corrected chi connectivity index (χ0v) is 12.1. The molecule has 0 radical (unpaired) electrons. The third kappa shape index (κ3) is 2.59. The molecular formula is C13H18ClN3S. The van der Waals surface area contributed by atoms with E-state index in [2.05, 4.69) is 28.3 Å². The molecule has 5 heteroatoms. The van der Waals surface area contributed by atoms with Crippen molar-refractivity contribution in [2.75, 3.05) is 5.32 Å². The number of thiophene rings is 1. The molecule has 2 heterocycles. The highest BCUT2D eigenvalue weighted by Gasteiger charge is 2.17. The van der Waals surface area contributed by atoms with E-state index >= 15 is 0 Å². The number of halogens is 1. The van der Waals surface area contributed by atoms with Gasteiger partial charge in [0.05, 0.1) is 5.39 Å². The van der Waals surface area contributed by atoms with Crippen LogP contribution in [-0.2, 0) is 6.42 Å². The minimum atomic E-state index is 0. The number of aryl methyl sites for hydroxylation is 1. The summed E-state index contributed by atoms with van der Waals surface area (Å²) in [6.07, 6.45) is 7.98. The Bertz CT molecular complexity index is 520. The van der Waals surface area contributed by atoms with E-state index in [1.807, 2.05) is 0 Å². The molecular weight excluding hydrogens is 266 g/mol. The fourth-order valence-corrected chi connectivity index (χ4v) is 3.39. The molecule has 3 rings (SSSR count). The second kappa shape index (κ2) is 5.85. The Morgan fingerprint density at radius 1 is 1.33 bits per heavy atom. The minimum Gasteiger partial charge on any atom is -0.367 e. The summed E-state index contributed by atoms with van der Waals surface area (Å²) >= 11 is 1.78. The Kier molecular flexibility index (Phi) is 4.40. The number of fused-ring (bicyclic) bond motifs is 1. The zero-order valence-electron chi connectivity index (χ0n) is 10.5. The summed E-state index contributed by atoms with van der Waals surface area (Å²) in [5.74, 6) is 1.03. The normalized spacial score (nSPS) is 15.8. The van der Waals surface area contributed by atoms with E-state index < -0.39 is 0 Å². The van der Waals surface area contributed by atoms with Gasteiger partial charge in [-0.25, -0.2) is 9.97 Å². The van der Waals surface area contributed by atoms with Crippen LogP contribution in [-0.4, -0.2) is 16.0 Å². The largest absolute Gasteiger partial charge is 0.367 e. The number of rotatable bonds is 3. The number of hydrogen-bond acceptors (Lipinski definition) is 4. The first kappa shape index (κ1) is 13.6. The number of nitrogens with zero attached hydrogens (tertiary/aromatic N) is 2. The standard InChI is InChI=1S/C13H17N3S.ClH/c1-2-10-7-11-12(14-8-15-13(11)17-10)16-9-5-3-4-6-9;/h7-9H,2-6H2,1H3,(H,14,15,16);1H. The van der Waals surface area contributed by atoms with Crippen LogP contribution in [0.3, 0.4) is 0 Å². The summed E-state index contributed by atoms with van der Waals surface area (Å²) in [5.41, 5.74) is 0. The molecule has 1 saturated carbocycles. The molecule has 0 bridgehead atoms. The van der Waals surface area contributed by atoms with Crippen molar-refractivity contribution >= 4 is 39.8 Å². The Balaban J connectivity index is 0.00000120. The van der Waals surface area contributed by atoms with Crippen LogP contribution in [0.15, 0.2) is 12.4 Å². The first-order chi connectivity index (χ1) is 8.36. The molecule has 0 unspecified atom stereocenters. The highest BCUT2D eigenvalue weighted by Crippen LogP contribution is 2.30. The van der Waals surface area contributed by atoms with E-state index in [0.717, 1.165) is 17.1 Å². The minimum absolute atomic E-state index is 0. The van der Waals surface area contributed by atoms with Crippen LogP contribution in [0.4, 0.5) is 5.82 Å². The molecule has 0 atom stereocenters. The van der Waals surface area contributed by atoms with E-state index in [4.69, 9.17) is 0 Å². The number of anilines is 1. The molecule has 98 valence electrons. The number of nitrogens with one attached hydrogen (secondary N) is 1. The SMILES string of the molecule is CCc1cc2c(NC3CCCC3)ncnc2s1.Cl. The zero-order chi connectivity index (χ0) is 11.7. The Morgan fingerprint density at radius 3 is 2.83 bits per heavy atom. The van der Waals surface area contributed by atoms with Crippen LogP contribution >= 0.6 is 23.7 Å². The van der Waals surface area contributed by atoms with Crippen LogP contribution < -0.4 is 5.32 Å². The Morgan fingerprint density at radius 2 is 2.11 bits per heavy atom. The van der Waals surface area contributed by atoms with Gasteiger partial charge in [-0.2, -0.15) is 0 Å². The van der Waals surface area contributed by atoms with Gasteiger partial charge in [0.15, 0.2) is 0 Å². The van der Waals surface area contributed by atoms with Crippen LogP contribution in [0.25, 0.3) is 10.2 Å². The van der Waals surface area contributed by atoms with Crippen molar-refractivity contribution in [1.82, 2.24) is 9.97 Å². The van der Waals surface area contributed by atoms with Crippen LogP contribution in [0.1, 0.15) is 37.5 Å². The molecule has 3 nitrogen and oxygen atoms in total. The summed E-state index contributed by atoms with van der Waals surface area (Å²) in [6, 6.07) is 2.84. The van der Waals surface area contributed by atoms with Crippen molar-refractivity contribution in [1.29, 1.82) is 0 Å². The predicted octanol–water partition coefficient (Wildman–Crippen LogP) is 4.03. The van der Waals surface area contributed by atoms with Crippen molar-refractivity contribution in [2.24, 2.45) is 0 Å². The maximum Gasteiger partial charge on any atom is 0.138 e. The molecule has 1 aliphatic carbocycles. The Labute approximate surface area is 117 Å². The lowest BCUT2D eigenvalue weighted by molar-refractivity contribution is 0.751. The summed E-state index contributed by atoms with van der Waals surface area (Å²) in [4.78, 5) is 11.2. The maximum absolute atomic E-state index is 4.40. The molecule has 1 fully saturated rings. The van der Waals surface area contributed by atoms with E-state index in [-0.39, 0.29) is 12.4 Å². The molecule has 0 spiro atoms. The lowest BCUT2D eigenvalue weighted by atomic mass is 10.2. The Hall–Kier alpha value is -0.870. The van der Waals surface area contributed by atoms with Crippen LogP contribution in [0.2, 0.25) is 0 Å². The van der Waals surface area contributed by atoms with Crippen molar-refractivity contribution in [2.45, 2.75) is 45.1 Å². The van der Waals surface area contributed by atoms with Gasteiger partial charge in [0.1, 0.15) is 17.0 Å². The van der Waals surface area contributed by atoms with Crippen molar-refractivity contribution < 1.29 is 0 Å². The van der Waals surface area contributed by atoms with Crippen LogP contribution in [0.5, 0.6) is 0 Å². The highest BCUT2D eigenvalue weighted by molar-refractivity contribution is 7.18. The first-order valence-electron chi connectivity index (χ1n) is 6.37. The van der Waals surface area contributed by atoms with E-state index in [1.165, 1.54) is 35.9 Å². The van der Waals surface area contributed by atoms with Crippen molar-refractivity contribution in [3.63, 3.8) is 0 Å². The topological polar surface area (TPSA) is 37.8 Å². The lowest BCUT2D eigenvalue weighted by Gasteiger charge is -2.12. The third-order valence-electron chi connectivity index (χ3n) is 3.42. The molecule has 2 aromatic heterocycles. The molecule has 0 aromatic carbocycles. The first-order valence-corrected chi connectivity index (χ1v) is 7.18. The van der Waals surface area contributed by atoms with E-state index in [0.29, 0.717) is 6.04 Å². The van der Waals surface area contributed by atoms with Gasteiger partial charge < -0.3 is 5.32 Å². The third-order valence-corrected chi connectivity index (χ3v) is 4.61. The molecule has 0 amide bonds. The molecule has 2 aromatic rings. The average Bonchev–Trinajstić information content (AvgIpc) is 2.97. The van der Waals surface area contributed by atoms with E-state index in [9.17, 15) is 0 Å². The molecule has 1 N–H and O–H groups in total. The van der Waals surface area contributed by atoms with Crippen LogP contribution in [0, 0.1) is 0 Å². The molecule has 18 heavy (non-hydrogen) atoms. The highest BCUT2D eigenvalue weighted by atomic mass is 35.5. The van der Waals surface area contributed by atoms with Gasteiger partial charge in [0, 0.05) is 10.9 Å². The van der Waals surface area contributed by atoms with Gasteiger partial charge in [-0.15, -0.1) is 23.7 Å². The number of aromatic nitrogens is 2. The monoisotopic (exact) mass is 283 g/mol. The van der Waals surface area contributed by atoms with Gasteiger partial charge >= 0.3 is 0 Å². The quantitative estimate of drug-likeness (QED) is 0.924. The molecule has 1 aliphatic rings. The van der Waals surface area contributed by atoms with E-state index in [1.54, 1.807) is 17.7 Å². The van der Waals surface area contributed by atoms with Crippen molar-refractivity contribution in [3.05, 3.63) is 17.3 Å². The number of hydrogen-bond donors (Lipinski definition) is 1. The lowest BCUT2D eigenvalue weighted by Crippen LogP contribution is -2.15. The molecule has 0 aliphatic heterocycles. The van der Waals surface area contributed by atoms with Gasteiger partial charge in [0.25, 0.3) is 0 Å². The fraction of sp³-hybridized carbons (Fsp3) is 0.538. The van der Waals surface area contributed by atoms with Gasteiger partial charge in [-0.1, -0.05) is 19.8 Å². The summed E-state index contributed by atoms with van der Waals surface area (Å²) in [6.45, 7) is 2.18.